The smallest absolute Gasteiger partial charge is 0.258 e. The Hall–Kier alpha value is -2.49. The molecule has 4 heteroatoms. The van der Waals surface area contributed by atoms with Crippen molar-refractivity contribution in [2.75, 3.05) is 13.2 Å². The van der Waals surface area contributed by atoms with Crippen molar-refractivity contribution < 1.29 is 14.3 Å². The Bertz CT molecular complexity index is 620. The number of rotatable bonds is 7. The van der Waals surface area contributed by atoms with Gasteiger partial charge in [-0.15, -0.1) is 0 Å². The van der Waals surface area contributed by atoms with E-state index in [1.807, 2.05) is 69.3 Å². The number of carbonyl (C=O) groups excluding carboxylic acids is 1. The molecule has 0 radical (unpaired) electrons. The monoisotopic (exact) mass is 313 g/mol. The van der Waals surface area contributed by atoms with Gasteiger partial charge in [-0.25, -0.2) is 0 Å². The minimum Gasteiger partial charge on any atom is -0.491 e. The van der Waals surface area contributed by atoms with Crippen molar-refractivity contribution in [1.29, 1.82) is 0 Å². The average molecular weight is 313 g/mol. The van der Waals surface area contributed by atoms with Crippen molar-refractivity contribution in [3.8, 4) is 11.5 Å². The molecule has 0 aliphatic carbocycles. The van der Waals surface area contributed by atoms with Gasteiger partial charge in [0.25, 0.3) is 5.91 Å². The van der Waals surface area contributed by atoms with Crippen LogP contribution in [0, 0.1) is 13.8 Å². The Labute approximate surface area is 137 Å². The molecule has 2 aromatic carbocycles. The standard InChI is InChI=1S/C19H23NO3/c1-14-4-8-17(9-5-14)22-12-16(3)20-19(21)13-23-18-10-6-15(2)7-11-18/h4-11,16H,12-13H2,1-3H3,(H,20,21). The molecule has 2 aromatic rings. The highest BCUT2D eigenvalue weighted by Gasteiger charge is 2.09. The molecule has 2 rings (SSSR count). The maximum Gasteiger partial charge on any atom is 0.258 e. The van der Waals surface area contributed by atoms with E-state index in [4.69, 9.17) is 9.47 Å². The van der Waals surface area contributed by atoms with Crippen LogP contribution in [0.5, 0.6) is 11.5 Å². The SMILES string of the molecule is Cc1ccc(OCC(=O)NC(C)COc2ccc(C)cc2)cc1. The first-order valence-electron chi connectivity index (χ1n) is 7.71. The first-order valence-corrected chi connectivity index (χ1v) is 7.71. The number of nitrogens with one attached hydrogen (secondary N) is 1. The quantitative estimate of drug-likeness (QED) is 0.853. The summed E-state index contributed by atoms with van der Waals surface area (Å²) in [7, 11) is 0. The van der Waals surface area contributed by atoms with Crippen LogP contribution < -0.4 is 14.8 Å². The number of benzene rings is 2. The van der Waals surface area contributed by atoms with Crippen molar-refractivity contribution in [2.24, 2.45) is 0 Å². The number of aryl methyl sites for hydroxylation is 2. The number of hydrogen-bond donors (Lipinski definition) is 1. The maximum atomic E-state index is 11.9. The first-order chi connectivity index (χ1) is 11.0. The fourth-order valence-electron chi connectivity index (χ4n) is 2.00. The first kappa shape index (κ1) is 16.9. The molecular weight excluding hydrogens is 290 g/mol. The summed E-state index contributed by atoms with van der Waals surface area (Å²) in [6.07, 6.45) is 0. The summed E-state index contributed by atoms with van der Waals surface area (Å²) in [5, 5.41) is 2.85. The largest absolute Gasteiger partial charge is 0.491 e. The normalized spacial score (nSPS) is 11.6. The van der Waals surface area contributed by atoms with Crippen LogP contribution in [-0.4, -0.2) is 25.2 Å². The van der Waals surface area contributed by atoms with Crippen molar-refractivity contribution in [3.63, 3.8) is 0 Å². The van der Waals surface area contributed by atoms with Crippen LogP contribution in [0.2, 0.25) is 0 Å². The second-order valence-electron chi connectivity index (χ2n) is 5.69. The molecular formula is C19H23NO3. The van der Waals surface area contributed by atoms with Crippen LogP contribution in [0.15, 0.2) is 48.5 Å². The van der Waals surface area contributed by atoms with E-state index in [2.05, 4.69) is 5.32 Å². The summed E-state index contributed by atoms with van der Waals surface area (Å²) < 4.78 is 11.1. The number of carbonyl (C=O) groups is 1. The van der Waals surface area contributed by atoms with E-state index in [9.17, 15) is 4.79 Å². The lowest BCUT2D eigenvalue weighted by molar-refractivity contribution is -0.123. The van der Waals surface area contributed by atoms with Gasteiger partial charge in [-0.2, -0.15) is 0 Å². The highest BCUT2D eigenvalue weighted by atomic mass is 16.5. The molecule has 0 aliphatic rings. The Morgan fingerprint density at radius 1 is 0.913 bits per heavy atom. The van der Waals surface area contributed by atoms with Crippen LogP contribution >= 0.6 is 0 Å². The minimum atomic E-state index is -0.161. The Morgan fingerprint density at radius 2 is 1.39 bits per heavy atom. The molecule has 23 heavy (non-hydrogen) atoms. The minimum absolute atomic E-state index is 0.00205. The lowest BCUT2D eigenvalue weighted by Gasteiger charge is -2.15. The van der Waals surface area contributed by atoms with Crippen LogP contribution in [-0.2, 0) is 4.79 Å². The van der Waals surface area contributed by atoms with E-state index in [-0.39, 0.29) is 18.6 Å². The van der Waals surface area contributed by atoms with Crippen LogP contribution in [0.25, 0.3) is 0 Å². The van der Waals surface area contributed by atoms with Gasteiger partial charge >= 0.3 is 0 Å². The van der Waals surface area contributed by atoms with Crippen LogP contribution in [0.3, 0.4) is 0 Å². The summed E-state index contributed by atoms with van der Waals surface area (Å²) in [4.78, 5) is 11.9. The van der Waals surface area contributed by atoms with Gasteiger partial charge in [0.2, 0.25) is 0 Å². The lowest BCUT2D eigenvalue weighted by atomic mass is 10.2. The van der Waals surface area contributed by atoms with Gasteiger partial charge in [0.15, 0.2) is 6.61 Å². The molecule has 0 heterocycles. The average Bonchev–Trinajstić information content (AvgIpc) is 2.54. The Kier molecular flexibility index (Phi) is 6.03. The highest BCUT2D eigenvalue weighted by molar-refractivity contribution is 5.77. The van der Waals surface area contributed by atoms with Gasteiger partial charge in [-0.1, -0.05) is 35.4 Å². The zero-order valence-corrected chi connectivity index (χ0v) is 13.8. The van der Waals surface area contributed by atoms with E-state index >= 15 is 0 Å². The third-order valence-corrected chi connectivity index (χ3v) is 3.32. The summed E-state index contributed by atoms with van der Waals surface area (Å²) >= 11 is 0. The van der Waals surface area contributed by atoms with E-state index in [0.717, 1.165) is 11.3 Å². The van der Waals surface area contributed by atoms with Gasteiger partial charge in [-0.05, 0) is 45.0 Å². The molecule has 0 spiro atoms. The van der Waals surface area contributed by atoms with Gasteiger partial charge in [0.05, 0.1) is 6.04 Å². The number of ether oxygens (including phenoxy) is 2. The van der Waals surface area contributed by atoms with Gasteiger partial charge in [-0.3, -0.25) is 4.79 Å². The van der Waals surface area contributed by atoms with E-state index < -0.39 is 0 Å². The molecule has 0 saturated heterocycles. The molecule has 1 amide bonds. The third kappa shape index (κ3) is 6.02. The summed E-state index contributed by atoms with van der Waals surface area (Å²) in [5.74, 6) is 1.33. The second kappa shape index (κ2) is 8.22. The molecule has 0 aliphatic heterocycles. The molecule has 1 N–H and O–H groups in total. The molecule has 1 unspecified atom stereocenters. The number of amides is 1. The van der Waals surface area contributed by atoms with E-state index in [0.29, 0.717) is 12.4 Å². The fraction of sp³-hybridized carbons (Fsp3) is 0.316. The van der Waals surface area contributed by atoms with Crippen molar-refractivity contribution in [3.05, 3.63) is 59.7 Å². The predicted molar refractivity (Wildman–Crippen MR) is 91.0 cm³/mol. The van der Waals surface area contributed by atoms with Gasteiger partial charge in [0, 0.05) is 0 Å². The Balaban J connectivity index is 1.69. The fourth-order valence-corrected chi connectivity index (χ4v) is 2.00. The topological polar surface area (TPSA) is 47.6 Å². The van der Waals surface area contributed by atoms with Crippen LogP contribution in [0.1, 0.15) is 18.1 Å². The summed E-state index contributed by atoms with van der Waals surface area (Å²) in [6.45, 7) is 6.35. The predicted octanol–water partition coefficient (Wildman–Crippen LogP) is 3.27. The second-order valence-corrected chi connectivity index (χ2v) is 5.69. The van der Waals surface area contributed by atoms with Crippen molar-refractivity contribution >= 4 is 5.91 Å². The van der Waals surface area contributed by atoms with Crippen molar-refractivity contribution in [2.45, 2.75) is 26.8 Å². The number of hydrogen-bond acceptors (Lipinski definition) is 3. The third-order valence-electron chi connectivity index (χ3n) is 3.32. The molecule has 0 saturated carbocycles. The Morgan fingerprint density at radius 3 is 1.91 bits per heavy atom. The van der Waals surface area contributed by atoms with Crippen molar-refractivity contribution in [1.82, 2.24) is 5.32 Å². The van der Waals surface area contributed by atoms with Gasteiger partial charge in [0.1, 0.15) is 18.1 Å². The highest BCUT2D eigenvalue weighted by Crippen LogP contribution is 2.12. The summed E-state index contributed by atoms with van der Waals surface area (Å²) in [6, 6.07) is 15.3. The molecule has 0 bridgehead atoms. The molecule has 122 valence electrons. The van der Waals surface area contributed by atoms with Crippen LogP contribution in [0.4, 0.5) is 0 Å². The van der Waals surface area contributed by atoms with E-state index in [1.165, 1.54) is 5.56 Å². The van der Waals surface area contributed by atoms with E-state index in [1.54, 1.807) is 0 Å². The lowest BCUT2D eigenvalue weighted by Crippen LogP contribution is -2.39. The zero-order valence-electron chi connectivity index (χ0n) is 13.8. The molecule has 0 aromatic heterocycles. The zero-order chi connectivity index (χ0) is 16.7. The molecule has 0 fully saturated rings. The molecule has 4 nitrogen and oxygen atoms in total. The maximum absolute atomic E-state index is 11.9. The molecule has 1 atom stereocenters. The summed E-state index contributed by atoms with van der Waals surface area (Å²) in [5.41, 5.74) is 2.34. The van der Waals surface area contributed by atoms with Gasteiger partial charge < -0.3 is 14.8 Å².